The maximum Gasteiger partial charge on any atom is 0.339 e. The standard InChI is InChI=1S/C19H11ClN2O4S.C18H12BrNO4S/c20-13-5-3-11(4-6-13)15-10-27-18(16(15)19(24)25)22-17(23)12(9-21)8-14-2-1-7-26-14;19-12-5-3-11(4-6-12)14-10-25-17(16(14)18(22)23)20-15(21)8-7-13-2-1-9-24-13/h1-8,10H,(H,22,23)(H,24,25);1-10H,(H,20,21)(H,22,23)/b12-8+;8-7+. The molecule has 0 atom stereocenters. The highest BCUT2D eigenvalue weighted by atomic mass is 79.9. The maximum atomic E-state index is 12.4. The zero-order chi connectivity index (χ0) is 37.2. The van der Waals surface area contributed by atoms with E-state index >= 15 is 0 Å². The number of nitrogens with zero attached hydrogens (tertiary/aromatic N) is 1. The van der Waals surface area contributed by atoms with Gasteiger partial charge in [0.1, 0.15) is 44.3 Å². The quantitative estimate of drug-likeness (QED) is 0.0772. The van der Waals surface area contributed by atoms with E-state index in [-0.39, 0.29) is 21.7 Å². The van der Waals surface area contributed by atoms with Crippen LogP contribution >= 0.6 is 50.2 Å². The maximum absolute atomic E-state index is 12.4. The molecule has 0 fully saturated rings. The lowest BCUT2D eigenvalue weighted by Crippen LogP contribution is -2.14. The van der Waals surface area contributed by atoms with Crippen LogP contribution in [0.2, 0.25) is 5.02 Å². The molecule has 11 nitrogen and oxygen atoms in total. The molecule has 0 aliphatic rings. The average molecular weight is 817 g/mol. The number of halogens is 2. The van der Waals surface area contributed by atoms with E-state index in [0.29, 0.717) is 38.2 Å². The molecule has 6 aromatic rings. The zero-order valence-electron chi connectivity index (χ0n) is 26.3. The number of nitrogens with one attached hydrogen (secondary N) is 2. The van der Waals surface area contributed by atoms with Crippen LogP contribution in [0, 0.1) is 11.3 Å². The Balaban J connectivity index is 0.000000202. The van der Waals surface area contributed by atoms with E-state index in [0.717, 1.165) is 21.4 Å². The Morgan fingerprint density at radius 3 is 1.79 bits per heavy atom. The Kier molecular flexibility index (Phi) is 12.4. The van der Waals surface area contributed by atoms with Crippen molar-refractivity contribution in [1.82, 2.24) is 0 Å². The van der Waals surface area contributed by atoms with E-state index in [1.807, 2.05) is 24.3 Å². The van der Waals surface area contributed by atoms with Crippen molar-refractivity contribution >= 4 is 96.1 Å². The van der Waals surface area contributed by atoms with Crippen molar-refractivity contribution in [2.45, 2.75) is 0 Å². The highest BCUT2D eigenvalue weighted by Gasteiger charge is 2.23. The third kappa shape index (κ3) is 9.42. The second kappa shape index (κ2) is 17.3. The number of hydrogen-bond acceptors (Lipinski definition) is 9. The molecule has 2 aromatic carbocycles. The van der Waals surface area contributed by atoms with Gasteiger partial charge in [0, 0.05) is 43.5 Å². The topological polar surface area (TPSA) is 183 Å². The summed E-state index contributed by atoms with van der Waals surface area (Å²) in [4.78, 5) is 47.9. The number of carbonyl (C=O) groups excluding carboxylic acids is 2. The molecule has 0 spiro atoms. The van der Waals surface area contributed by atoms with Crippen molar-refractivity contribution in [2.75, 3.05) is 10.6 Å². The predicted octanol–water partition coefficient (Wildman–Crippen LogP) is 10.0. The van der Waals surface area contributed by atoms with Crippen molar-refractivity contribution in [2.24, 2.45) is 0 Å². The van der Waals surface area contributed by atoms with Gasteiger partial charge in [0.25, 0.3) is 5.91 Å². The number of furan rings is 2. The summed E-state index contributed by atoms with van der Waals surface area (Å²) >= 11 is 11.5. The Labute approximate surface area is 316 Å². The number of thiophene rings is 2. The van der Waals surface area contributed by atoms with Crippen molar-refractivity contribution < 1.29 is 38.2 Å². The van der Waals surface area contributed by atoms with E-state index in [4.69, 9.17) is 20.4 Å². The number of carboxylic acids is 2. The molecule has 0 unspecified atom stereocenters. The molecule has 6 rings (SSSR count). The van der Waals surface area contributed by atoms with Gasteiger partial charge in [0.05, 0.1) is 12.5 Å². The highest BCUT2D eigenvalue weighted by Crippen LogP contribution is 2.37. The van der Waals surface area contributed by atoms with Crippen LogP contribution in [0.25, 0.3) is 34.4 Å². The molecule has 260 valence electrons. The molecule has 0 saturated heterocycles. The number of aromatic carboxylic acids is 2. The third-order valence-corrected chi connectivity index (χ3v) is 9.49. The Hall–Kier alpha value is -5.98. The summed E-state index contributed by atoms with van der Waals surface area (Å²) < 4.78 is 11.1. The number of benzene rings is 2. The van der Waals surface area contributed by atoms with E-state index in [2.05, 4.69) is 26.6 Å². The number of carbonyl (C=O) groups is 4. The fourth-order valence-electron chi connectivity index (χ4n) is 4.54. The minimum atomic E-state index is -1.19. The van der Waals surface area contributed by atoms with Crippen LogP contribution < -0.4 is 10.6 Å². The number of carboxylic acid groups (broad SMARTS) is 2. The van der Waals surface area contributed by atoms with Gasteiger partial charge in [-0.05, 0) is 65.7 Å². The van der Waals surface area contributed by atoms with Gasteiger partial charge in [-0.2, -0.15) is 5.26 Å². The summed E-state index contributed by atoms with van der Waals surface area (Å²) in [6.07, 6.45) is 7.01. The van der Waals surface area contributed by atoms with Gasteiger partial charge in [-0.1, -0.05) is 51.8 Å². The van der Waals surface area contributed by atoms with Crippen molar-refractivity contribution in [3.63, 3.8) is 0 Å². The van der Waals surface area contributed by atoms with Crippen LogP contribution in [0.3, 0.4) is 0 Å². The average Bonchev–Trinajstić information content (AvgIpc) is 3.95. The van der Waals surface area contributed by atoms with E-state index < -0.39 is 23.8 Å². The molecular formula is C37H23BrClN3O8S2. The first-order valence-electron chi connectivity index (χ1n) is 14.7. The minimum absolute atomic E-state index is 0.0500. The van der Waals surface area contributed by atoms with Crippen LogP contribution in [0.15, 0.2) is 121 Å². The molecule has 52 heavy (non-hydrogen) atoms. The third-order valence-electron chi connectivity index (χ3n) is 6.92. The lowest BCUT2D eigenvalue weighted by Gasteiger charge is -2.05. The lowest BCUT2D eigenvalue weighted by atomic mass is 10.0. The number of hydrogen-bond donors (Lipinski definition) is 4. The molecule has 0 radical (unpaired) electrons. The van der Waals surface area contributed by atoms with Crippen LogP contribution in [0.5, 0.6) is 0 Å². The summed E-state index contributed by atoms with van der Waals surface area (Å²) in [5, 5.41) is 37.8. The molecule has 4 aromatic heterocycles. The molecule has 0 bridgehead atoms. The summed E-state index contributed by atoms with van der Waals surface area (Å²) in [6.45, 7) is 0. The zero-order valence-corrected chi connectivity index (χ0v) is 30.3. The fraction of sp³-hybridized carbons (Fsp3) is 0. The normalized spacial score (nSPS) is 11.0. The van der Waals surface area contributed by atoms with Gasteiger partial charge in [-0.3, -0.25) is 9.59 Å². The predicted molar refractivity (Wildman–Crippen MR) is 203 cm³/mol. The first-order chi connectivity index (χ1) is 25.0. The lowest BCUT2D eigenvalue weighted by molar-refractivity contribution is -0.113. The summed E-state index contributed by atoms with van der Waals surface area (Å²) in [7, 11) is 0. The van der Waals surface area contributed by atoms with Crippen molar-refractivity contribution in [3.05, 3.63) is 140 Å². The Morgan fingerprint density at radius 2 is 1.29 bits per heavy atom. The molecule has 2 amide bonds. The molecule has 15 heteroatoms. The SMILES string of the molecule is N#C/C(=C\c1ccco1)C(=O)Nc1scc(-c2ccc(Cl)cc2)c1C(=O)O.O=C(/C=C/c1ccco1)Nc1scc(-c2ccc(Br)cc2)c1C(=O)O. The smallest absolute Gasteiger partial charge is 0.339 e. The molecule has 0 saturated carbocycles. The summed E-state index contributed by atoms with van der Waals surface area (Å²) in [6, 6.07) is 22.4. The van der Waals surface area contributed by atoms with Crippen LogP contribution in [0.4, 0.5) is 10.0 Å². The second-order valence-corrected chi connectivity index (χ2v) is 13.4. The van der Waals surface area contributed by atoms with Gasteiger partial charge in [0.15, 0.2) is 0 Å². The monoisotopic (exact) mass is 815 g/mol. The van der Waals surface area contributed by atoms with Crippen molar-refractivity contribution in [3.8, 4) is 28.3 Å². The van der Waals surface area contributed by atoms with Crippen molar-refractivity contribution in [1.29, 1.82) is 5.26 Å². The first kappa shape index (κ1) is 37.3. The number of rotatable bonds is 10. The molecular weight excluding hydrogens is 794 g/mol. The van der Waals surface area contributed by atoms with E-state index in [9.17, 15) is 34.7 Å². The highest BCUT2D eigenvalue weighted by molar-refractivity contribution is 9.10. The first-order valence-corrected chi connectivity index (χ1v) is 17.7. The number of amides is 2. The van der Waals surface area contributed by atoms with Crippen LogP contribution in [0.1, 0.15) is 32.2 Å². The number of nitriles is 1. The van der Waals surface area contributed by atoms with Crippen LogP contribution in [-0.2, 0) is 9.59 Å². The molecule has 4 N–H and O–H groups in total. The van der Waals surface area contributed by atoms with Gasteiger partial charge in [-0.15, -0.1) is 22.7 Å². The Bertz CT molecular complexity index is 2320. The number of anilines is 2. The molecule has 0 aliphatic heterocycles. The van der Waals surface area contributed by atoms with Gasteiger partial charge >= 0.3 is 11.9 Å². The second-order valence-electron chi connectivity index (χ2n) is 10.3. The molecule has 0 aliphatic carbocycles. The van der Waals surface area contributed by atoms with Gasteiger partial charge in [-0.25, -0.2) is 9.59 Å². The van der Waals surface area contributed by atoms with Gasteiger partial charge < -0.3 is 29.7 Å². The minimum Gasteiger partial charge on any atom is -0.478 e. The summed E-state index contributed by atoms with van der Waals surface area (Å²) in [5.41, 5.74) is 2.26. The molecule has 4 heterocycles. The van der Waals surface area contributed by atoms with E-state index in [1.54, 1.807) is 65.4 Å². The largest absolute Gasteiger partial charge is 0.478 e. The van der Waals surface area contributed by atoms with Gasteiger partial charge in [0.2, 0.25) is 5.91 Å². The van der Waals surface area contributed by atoms with Crippen LogP contribution in [-0.4, -0.2) is 34.0 Å². The fourth-order valence-corrected chi connectivity index (χ4v) is 6.85. The Morgan fingerprint density at radius 1 is 0.769 bits per heavy atom. The summed E-state index contributed by atoms with van der Waals surface area (Å²) in [5.74, 6) is -2.55. The van der Waals surface area contributed by atoms with E-state index in [1.165, 1.54) is 42.1 Å².